The van der Waals surface area contributed by atoms with Crippen LogP contribution in [-0.4, -0.2) is 25.7 Å². The number of allylic oxidation sites excluding steroid dienone is 1. The van der Waals surface area contributed by atoms with E-state index in [2.05, 4.69) is 23.3 Å². The van der Waals surface area contributed by atoms with Gasteiger partial charge in [-0.25, -0.2) is 0 Å². The van der Waals surface area contributed by atoms with Crippen LogP contribution in [0.4, 0.5) is 5.69 Å². The number of hydrogen-bond donors (Lipinski definition) is 0. The maximum atomic E-state index is 12.8. The molecule has 144 valence electrons. The van der Waals surface area contributed by atoms with Crippen molar-refractivity contribution in [3.05, 3.63) is 101 Å². The van der Waals surface area contributed by atoms with Crippen molar-refractivity contribution in [1.82, 2.24) is 0 Å². The van der Waals surface area contributed by atoms with E-state index in [9.17, 15) is 4.79 Å². The number of nitrogens with zero attached hydrogens (tertiary/aromatic N) is 2. The molecule has 0 aliphatic carbocycles. The van der Waals surface area contributed by atoms with Crippen LogP contribution in [0.15, 0.2) is 84.0 Å². The van der Waals surface area contributed by atoms with Crippen molar-refractivity contribution in [2.45, 2.75) is 6.42 Å². The summed E-state index contributed by atoms with van der Waals surface area (Å²) in [5.41, 5.74) is 4.78. The minimum atomic E-state index is -0.0586. The van der Waals surface area contributed by atoms with E-state index in [0.29, 0.717) is 5.56 Å². The summed E-state index contributed by atoms with van der Waals surface area (Å²) in [5, 5.41) is 6.62. The van der Waals surface area contributed by atoms with Crippen molar-refractivity contribution in [3.8, 4) is 5.75 Å². The first-order chi connectivity index (χ1) is 14.2. The molecule has 3 aromatic rings. The summed E-state index contributed by atoms with van der Waals surface area (Å²) in [6, 6.07) is 23.4. The number of para-hydroxylation sites is 1. The Kier molecular flexibility index (Phi) is 5.52. The van der Waals surface area contributed by atoms with E-state index >= 15 is 0 Å². The topological polar surface area (TPSA) is 41.9 Å². The number of anilines is 1. The Morgan fingerprint density at radius 2 is 1.86 bits per heavy atom. The molecule has 0 N–H and O–H groups in total. The van der Waals surface area contributed by atoms with Gasteiger partial charge in [0.1, 0.15) is 5.75 Å². The van der Waals surface area contributed by atoms with E-state index < -0.39 is 0 Å². The quantitative estimate of drug-likeness (QED) is 0.343. The van der Waals surface area contributed by atoms with E-state index in [1.807, 2.05) is 59.6 Å². The summed E-state index contributed by atoms with van der Waals surface area (Å²) in [7, 11) is 1.63. The Labute approximate surface area is 170 Å². The summed E-state index contributed by atoms with van der Waals surface area (Å²) >= 11 is 0. The van der Waals surface area contributed by atoms with Crippen molar-refractivity contribution < 1.29 is 9.53 Å². The van der Waals surface area contributed by atoms with E-state index in [1.54, 1.807) is 25.5 Å². The maximum Gasteiger partial charge on any atom is 0.186 e. The van der Waals surface area contributed by atoms with Crippen molar-refractivity contribution in [1.29, 1.82) is 0 Å². The molecule has 4 heteroatoms. The zero-order chi connectivity index (χ0) is 20.1. The minimum Gasteiger partial charge on any atom is -0.497 e. The zero-order valence-electron chi connectivity index (χ0n) is 16.3. The first-order valence-electron chi connectivity index (χ1n) is 9.59. The van der Waals surface area contributed by atoms with Gasteiger partial charge >= 0.3 is 0 Å². The van der Waals surface area contributed by atoms with Crippen molar-refractivity contribution in [2.75, 3.05) is 18.7 Å². The predicted molar refractivity (Wildman–Crippen MR) is 118 cm³/mol. The standard InChI is InChI=1S/C25H22N2O2/c1-29-22-10-6-7-19(17-22)13-14-25(28)23-11-4-2-9-21(23)18-26-27-16-15-20-8-3-5-12-24(20)27/h2-14,17-18H,15-16H2,1H3/b14-13+,26-18+. The SMILES string of the molecule is COc1cccc(/C=C/C(=O)c2ccccc2/C=N/N2CCc3ccccc32)c1. The summed E-state index contributed by atoms with van der Waals surface area (Å²) in [6.45, 7) is 0.849. The highest BCUT2D eigenvalue weighted by Crippen LogP contribution is 2.27. The molecule has 1 aliphatic rings. The molecule has 0 atom stereocenters. The Morgan fingerprint density at radius 3 is 2.76 bits per heavy atom. The second-order valence-corrected chi connectivity index (χ2v) is 6.81. The third-order valence-corrected chi connectivity index (χ3v) is 4.95. The fraction of sp³-hybridized carbons (Fsp3) is 0.120. The molecule has 0 aromatic heterocycles. The van der Waals surface area contributed by atoms with Crippen LogP contribution < -0.4 is 9.75 Å². The van der Waals surface area contributed by atoms with Gasteiger partial charge in [-0.05, 0) is 41.8 Å². The molecule has 0 radical (unpaired) electrons. The average molecular weight is 382 g/mol. The zero-order valence-corrected chi connectivity index (χ0v) is 16.3. The lowest BCUT2D eigenvalue weighted by molar-refractivity contribution is 0.104. The Balaban J connectivity index is 1.54. The molecule has 0 amide bonds. The summed E-state index contributed by atoms with van der Waals surface area (Å²) in [5.74, 6) is 0.703. The molecule has 0 saturated carbocycles. The third kappa shape index (κ3) is 4.27. The molecule has 0 unspecified atom stereocenters. The van der Waals surface area contributed by atoms with E-state index in [-0.39, 0.29) is 5.78 Å². The fourth-order valence-electron chi connectivity index (χ4n) is 3.41. The molecular weight excluding hydrogens is 360 g/mol. The second kappa shape index (κ2) is 8.57. The monoisotopic (exact) mass is 382 g/mol. The van der Waals surface area contributed by atoms with Gasteiger partial charge in [0.15, 0.2) is 5.78 Å². The lowest BCUT2D eigenvalue weighted by atomic mass is 10.0. The van der Waals surface area contributed by atoms with Gasteiger partial charge < -0.3 is 4.74 Å². The van der Waals surface area contributed by atoms with Crippen LogP contribution in [0.25, 0.3) is 6.08 Å². The van der Waals surface area contributed by atoms with Crippen molar-refractivity contribution in [3.63, 3.8) is 0 Å². The molecule has 0 bridgehead atoms. The van der Waals surface area contributed by atoms with Gasteiger partial charge in [0, 0.05) is 17.7 Å². The summed E-state index contributed by atoms with van der Waals surface area (Å²) in [4.78, 5) is 12.8. The van der Waals surface area contributed by atoms with Gasteiger partial charge in [0.25, 0.3) is 0 Å². The molecule has 4 rings (SSSR count). The first kappa shape index (κ1) is 18.7. The fourth-order valence-corrected chi connectivity index (χ4v) is 3.41. The highest BCUT2D eigenvalue weighted by atomic mass is 16.5. The molecule has 0 saturated heterocycles. The minimum absolute atomic E-state index is 0.0586. The lowest BCUT2D eigenvalue weighted by Gasteiger charge is -2.12. The van der Waals surface area contributed by atoms with Crippen LogP contribution in [0.3, 0.4) is 0 Å². The largest absolute Gasteiger partial charge is 0.497 e. The van der Waals surface area contributed by atoms with Gasteiger partial charge in [0.2, 0.25) is 0 Å². The predicted octanol–water partition coefficient (Wildman–Crippen LogP) is 4.99. The van der Waals surface area contributed by atoms with Crippen LogP contribution in [-0.2, 0) is 6.42 Å². The number of fused-ring (bicyclic) bond motifs is 1. The first-order valence-corrected chi connectivity index (χ1v) is 9.59. The van der Waals surface area contributed by atoms with Crippen LogP contribution in [0.1, 0.15) is 27.0 Å². The molecule has 3 aromatic carbocycles. The number of hydrogen-bond acceptors (Lipinski definition) is 4. The van der Waals surface area contributed by atoms with E-state index in [0.717, 1.165) is 35.5 Å². The normalized spacial score (nSPS) is 13.2. The van der Waals surface area contributed by atoms with Crippen LogP contribution in [0.2, 0.25) is 0 Å². The van der Waals surface area contributed by atoms with E-state index in [4.69, 9.17) is 4.74 Å². The molecule has 29 heavy (non-hydrogen) atoms. The number of hydrazone groups is 1. The number of ether oxygens (including phenoxy) is 1. The van der Waals surface area contributed by atoms with Gasteiger partial charge in [-0.1, -0.05) is 60.7 Å². The molecule has 1 aliphatic heterocycles. The lowest BCUT2D eigenvalue weighted by Crippen LogP contribution is -2.13. The molecule has 4 nitrogen and oxygen atoms in total. The van der Waals surface area contributed by atoms with Gasteiger partial charge in [-0.15, -0.1) is 0 Å². The van der Waals surface area contributed by atoms with Gasteiger partial charge in [-0.3, -0.25) is 9.80 Å². The Morgan fingerprint density at radius 1 is 1.03 bits per heavy atom. The van der Waals surface area contributed by atoms with E-state index in [1.165, 1.54) is 5.56 Å². The van der Waals surface area contributed by atoms with Gasteiger partial charge in [-0.2, -0.15) is 5.10 Å². The van der Waals surface area contributed by atoms with Crippen LogP contribution in [0.5, 0.6) is 5.75 Å². The van der Waals surface area contributed by atoms with Crippen molar-refractivity contribution in [2.24, 2.45) is 5.10 Å². The van der Waals surface area contributed by atoms with Gasteiger partial charge in [0.05, 0.1) is 19.0 Å². The molecular formula is C25H22N2O2. The molecule has 0 fully saturated rings. The van der Waals surface area contributed by atoms with Crippen molar-refractivity contribution >= 4 is 23.8 Å². The highest BCUT2D eigenvalue weighted by molar-refractivity contribution is 6.11. The number of benzene rings is 3. The molecule has 1 heterocycles. The number of carbonyl (C=O) groups excluding carboxylic acids is 1. The second-order valence-electron chi connectivity index (χ2n) is 6.81. The summed E-state index contributed by atoms with van der Waals surface area (Å²) in [6.07, 6.45) is 6.15. The molecule has 0 spiro atoms. The smallest absolute Gasteiger partial charge is 0.186 e. The third-order valence-electron chi connectivity index (χ3n) is 4.95. The Hall–Kier alpha value is -3.66. The highest BCUT2D eigenvalue weighted by Gasteiger charge is 2.17. The Bertz CT molecular complexity index is 1090. The van der Waals surface area contributed by atoms with Crippen LogP contribution in [0, 0.1) is 0 Å². The number of rotatable bonds is 6. The number of ketones is 1. The summed E-state index contributed by atoms with van der Waals surface area (Å²) < 4.78 is 5.23. The number of methoxy groups -OCH3 is 1. The maximum absolute atomic E-state index is 12.8. The van der Waals surface area contributed by atoms with Crippen LogP contribution >= 0.6 is 0 Å². The number of carbonyl (C=O) groups is 1. The average Bonchev–Trinajstić information content (AvgIpc) is 3.19.